The highest BCUT2D eigenvalue weighted by Crippen LogP contribution is 2.19. The smallest absolute Gasteiger partial charge is 0.226 e. The van der Waals surface area contributed by atoms with E-state index in [4.69, 9.17) is 5.73 Å². The molecule has 21 heavy (non-hydrogen) atoms. The van der Waals surface area contributed by atoms with E-state index < -0.39 is 0 Å². The van der Waals surface area contributed by atoms with Gasteiger partial charge in [0.25, 0.3) is 0 Å². The number of hydrogen-bond donors (Lipinski definition) is 2. The molecule has 2 amide bonds. The number of para-hydroxylation sites is 2. The molecule has 2 rings (SSSR count). The summed E-state index contributed by atoms with van der Waals surface area (Å²) in [6.07, 6.45) is 2.85. The molecular weight excluding hydrogens is 266 g/mol. The Labute approximate surface area is 125 Å². The van der Waals surface area contributed by atoms with Crippen molar-refractivity contribution in [2.45, 2.75) is 32.6 Å². The lowest BCUT2D eigenvalue weighted by Gasteiger charge is -2.20. The maximum Gasteiger partial charge on any atom is 0.226 e. The van der Waals surface area contributed by atoms with Crippen molar-refractivity contribution in [3.63, 3.8) is 0 Å². The van der Waals surface area contributed by atoms with Crippen LogP contribution in [0.2, 0.25) is 0 Å². The van der Waals surface area contributed by atoms with Crippen LogP contribution in [-0.4, -0.2) is 29.8 Å². The van der Waals surface area contributed by atoms with Crippen molar-refractivity contribution in [1.29, 1.82) is 0 Å². The van der Waals surface area contributed by atoms with E-state index in [-0.39, 0.29) is 11.8 Å². The van der Waals surface area contributed by atoms with E-state index in [1.807, 2.05) is 12.1 Å². The van der Waals surface area contributed by atoms with E-state index in [0.717, 1.165) is 19.4 Å². The Morgan fingerprint density at radius 3 is 2.90 bits per heavy atom. The number of nitrogens with two attached hydrogens (primary N) is 1. The minimum Gasteiger partial charge on any atom is -0.397 e. The SMILES string of the molecule is CC1CCC(=O)N(CCC(=O)Nc2ccccc2N)CC1. The second-order valence-electron chi connectivity index (χ2n) is 5.70. The summed E-state index contributed by atoms with van der Waals surface area (Å²) >= 11 is 0. The van der Waals surface area contributed by atoms with Crippen LogP contribution in [0.15, 0.2) is 24.3 Å². The first kappa shape index (κ1) is 15.4. The molecule has 5 heteroatoms. The predicted molar refractivity (Wildman–Crippen MR) is 83.7 cm³/mol. The summed E-state index contributed by atoms with van der Waals surface area (Å²) in [6.45, 7) is 3.40. The predicted octanol–water partition coefficient (Wildman–Crippen LogP) is 2.25. The first-order chi connectivity index (χ1) is 10.1. The molecule has 0 radical (unpaired) electrons. The number of rotatable bonds is 4. The van der Waals surface area contributed by atoms with Crippen LogP contribution in [0.25, 0.3) is 0 Å². The highest BCUT2D eigenvalue weighted by atomic mass is 16.2. The van der Waals surface area contributed by atoms with E-state index in [1.54, 1.807) is 17.0 Å². The normalized spacial score (nSPS) is 19.2. The van der Waals surface area contributed by atoms with Crippen molar-refractivity contribution < 1.29 is 9.59 Å². The molecule has 1 unspecified atom stereocenters. The zero-order valence-electron chi connectivity index (χ0n) is 12.5. The zero-order chi connectivity index (χ0) is 15.2. The van der Waals surface area contributed by atoms with Crippen molar-refractivity contribution in [1.82, 2.24) is 4.90 Å². The number of nitrogen functional groups attached to an aromatic ring is 1. The van der Waals surface area contributed by atoms with Gasteiger partial charge in [0.05, 0.1) is 11.4 Å². The summed E-state index contributed by atoms with van der Waals surface area (Å²) in [6, 6.07) is 7.16. The lowest BCUT2D eigenvalue weighted by Crippen LogP contribution is -2.33. The van der Waals surface area contributed by atoms with Gasteiger partial charge in [-0.2, -0.15) is 0 Å². The standard InChI is InChI=1S/C16H23N3O2/c1-12-6-7-16(21)19(10-8-12)11-9-15(20)18-14-5-3-2-4-13(14)17/h2-5,12H,6-11,17H2,1H3,(H,18,20). The number of carbonyl (C=O) groups is 2. The van der Waals surface area contributed by atoms with E-state index in [2.05, 4.69) is 12.2 Å². The van der Waals surface area contributed by atoms with Crippen molar-refractivity contribution in [2.24, 2.45) is 5.92 Å². The van der Waals surface area contributed by atoms with Crippen LogP contribution in [0.1, 0.15) is 32.6 Å². The molecule has 1 aromatic carbocycles. The molecule has 3 N–H and O–H groups in total. The van der Waals surface area contributed by atoms with Crippen LogP contribution in [0.4, 0.5) is 11.4 Å². The van der Waals surface area contributed by atoms with Gasteiger partial charge in [0, 0.05) is 25.9 Å². The minimum atomic E-state index is -0.113. The average Bonchev–Trinajstić information content (AvgIpc) is 2.62. The Bertz CT molecular complexity index is 516. The summed E-state index contributed by atoms with van der Waals surface area (Å²) in [7, 11) is 0. The summed E-state index contributed by atoms with van der Waals surface area (Å²) in [4.78, 5) is 25.7. The van der Waals surface area contributed by atoms with Gasteiger partial charge in [-0.05, 0) is 30.9 Å². The third-order valence-electron chi connectivity index (χ3n) is 3.94. The fourth-order valence-electron chi connectivity index (χ4n) is 2.47. The molecule has 0 bridgehead atoms. The van der Waals surface area contributed by atoms with Gasteiger partial charge < -0.3 is 16.0 Å². The topological polar surface area (TPSA) is 75.4 Å². The van der Waals surface area contributed by atoms with Gasteiger partial charge in [0.1, 0.15) is 0 Å². The molecule has 0 aliphatic carbocycles. The molecule has 1 aromatic rings. The first-order valence-corrected chi connectivity index (χ1v) is 7.48. The van der Waals surface area contributed by atoms with Gasteiger partial charge in [-0.25, -0.2) is 0 Å². The number of hydrogen-bond acceptors (Lipinski definition) is 3. The number of benzene rings is 1. The Morgan fingerprint density at radius 1 is 1.38 bits per heavy atom. The Morgan fingerprint density at radius 2 is 2.14 bits per heavy atom. The van der Waals surface area contributed by atoms with Crippen molar-refractivity contribution in [2.75, 3.05) is 24.1 Å². The first-order valence-electron chi connectivity index (χ1n) is 7.48. The van der Waals surface area contributed by atoms with Crippen LogP contribution in [0.3, 0.4) is 0 Å². The number of nitrogens with one attached hydrogen (secondary N) is 1. The van der Waals surface area contributed by atoms with E-state index in [9.17, 15) is 9.59 Å². The summed E-state index contributed by atoms with van der Waals surface area (Å²) in [5.74, 6) is 0.626. The van der Waals surface area contributed by atoms with Gasteiger partial charge in [-0.15, -0.1) is 0 Å². The highest BCUT2D eigenvalue weighted by molar-refractivity contribution is 5.94. The Kier molecular flexibility index (Phi) is 5.20. The van der Waals surface area contributed by atoms with Crippen molar-refractivity contribution in [3.05, 3.63) is 24.3 Å². The molecule has 0 spiro atoms. The number of amides is 2. The Balaban J connectivity index is 1.83. The van der Waals surface area contributed by atoms with Crippen molar-refractivity contribution >= 4 is 23.2 Å². The van der Waals surface area contributed by atoms with Gasteiger partial charge >= 0.3 is 0 Å². The number of carbonyl (C=O) groups excluding carboxylic acids is 2. The average molecular weight is 289 g/mol. The highest BCUT2D eigenvalue weighted by Gasteiger charge is 2.20. The van der Waals surface area contributed by atoms with E-state index >= 15 is 0 Å². The number of likely N-dealkylation sites (tertiary alicyclic amines) is 1. The van der Waals surface area contributed by atoms with Crippen LogP contribution < -0.4 is 11.1 Å². The summed E-state index contributed by atoms with van der Waals surface area (Å²) in [5, 5.41) is 2.79. The quantitative estimate of drug-likeness (QED) is 0.835. The molecule has 1 saturated heterocycles. The van der Waals surface area contributed by atoms with Gasteiger partial charge in [-0.1, -0.05) is 19.1 Å². The van der Waals surface area contributed by atoms with Gasteiger partial charge in [0.15, 0.2) is 0 Å². The summed E-state index contributed by atoms with van der Waals surface area (Å²) in [5.41, 5.74) is 6.96. The molecule has 114 valence electrons. The molecule has 1 atom stereocenters. The fraction of sp³-hybridized carbons (Fsp3) is 0.500. The fourth-order valence-corrected chi connectivity index (χ4v) is 2.47. The third kappa shape index (κ3) is 4.48. The lowest BCUT2D eigenvalue weighted by atomic mass is 10.0. The second-order valence-corrected chi connectivity index (χ2v) is 5.70. The monoisotopic (exact) mass is 289 g/mol. The molecule has 1 aliphatic heterocycles. The maximum atomic E-state index is 12.0. The van der Waals surface area contributed by atoms with Gasteiger partial charge in [0.2, 0.25) is 11.8 Å². The molecule has 1 aliphatic rings. The Hall–Kier alpha value is -2.04. The third-order valence-corrected chi connectivity index (χ3v) is 3.94. The van der Waals surface area contributed by atoms with Crippen LogP contribution in [-0.2, 0) is 9.59 Å². The molecule has 1 heterocycles. The van der Waals surface area contributed by atoms with Crippen LogP contribution >= 0.6 is 0 Å². The number of anilines is 2. The molecule has 5 nitrogen and oxygen atoms in total. The zero-order valence-corrected chi connectivity index (χ0v) is 12.5. The molecule has 0 aromatic heterocycles. The van der Waals surface area contributed by atoms with Gasteiger partial charge in [-0.3, -0.25) is 9.59 Å². The molecular formula is C16H23N3O2. The van der Waals surface area contributed by atoms with Crippen molar-refractivity contribution in [3.8, 4) is 0 Å². The summed E-state index contributed by atoms with van der Waals surface area (Å²) < 4.78 is 0. The van der Waals surface area contributed by atoms with Crippen LogP contribution in [0.5, 0.6) is 0 Å². The molecule has 0 saturated carbocycles. The van der Waals surface area contributed by atoms with E-state index in [1.165, 1.54) is 0 Å². The second kappa shape index (κ2) is 7.11. The lowest BCUT2D eigenvalue weighted by molar-refractivity contribution is -0.131. The largest absolute Gasteiger partial charge is 0.397 e. The van der Waals surface area contributed by atoms with E-state index in [0.29, 0.717) is 36.7 Å². The van der Waals surface area contributed by atoms with Crippen LogP contribution in [0, 0.1) is 5.92 Å². The molecule has 1 fully saturated rings. The maximum absolute atomic E-state index is 12.0. The minimum absolute atomic E-state index is 0.113. The number of nitrogens with zero attached hydrogens (tertiary/aromatic N) is 1.